The molecule has 1 rings (SSSR count). The molecule has 1 unspecified atom stereocenters. The van der Waals surface area contributed by atoms with Crippen molar-refractivity contribution in [3.8, 4) is 0 Å². The molecule has 0 spiro atoms. The van der Waals surface area contributed by atoms with Crippen LogP contribution in [0.3, 0.4) is 0 Å². The molecule has 0 bridgehead atoms. The van der Waals surface area contributed by atoms with Crippen LogP contribution in [-0.2, 0) is 0 Å². The van der Waals surface area contributed by atoms with E-state index in [1.807, 2.05) is 13.8 Å². The third-order valence-electron chi connectivity index (χ3n) is 2.37. The molecule has 0 aliphatic heterocycles. The predicted octanol–water partition coefficient (Wildman–Crippen LogP) is 6.00. The van der Waals surface area contributed by atoms with Gasteiger partial charge in [-0.1, -0.05) is 59.8 Å². The van der Waals surface area contributed by atoms with Gasteiger partial charge in [0.15, 0.2) is 0 Å². The molecule has 0 heteroatoms. The number of hydrogen-bond acceptors (Lipinski definition) is 0. The summed E-state index contributed by atoms with van der Waals surface area (Å²) in [5.41, 5.74) is 2.85. The molecule has 16 heavy (non-hydrogen) atoms. The normalized spacial score (nSPS) is 22.1. The van der Waals surface area contributed by atoms with Crippen LogP contribution in [-0.4, -0.2) is 0 Å². The molecule has 0 amide bonds. The highest BCUT2D eigenvalue weighted by molar-refractivity contribution is 5.31. The van der Waals surface area contributed by atoms with Gasteiger partial charge in [-0.15, -0.1) is 0 Å². The Kier molecular flexibility index (Phi) is 12.3. The van der Waals surface area contributed by atoms with Crippen molar-refractivity contribution in [2.24, 2.45) is 11.8 Å². The van der Waals surface area contributed by atoms with E-state index in [9.17, 15) is 0 Å². The summed E-state index contributed by atoms with van der Waals surface area (Å²) in [5, 5.41) is 0. The van der Waals surface area contributed by atoms with Gasteiger partial charge in [0.05, 0.1) is 0 Å². The van der Waals surface area contributed by atoms with Crippen molar-refractivity contribution in [3.05, 3.63) is 23.8 Å². The fourth-order valence-electron chi connectivity index (χ4n) is 1.76. The van der Waals surface area contributed by atoms with E-state index in [1.54, 1.807) is 0 Å². The predicted molar refractivity (Wildman–Crippen MR) is 77.8 cm³/mol. The van der Waals surface area contributed by atoms with Gasteiger partial charge in [-0.25, -0.2) is 0 Å². The first-order valence-corrected chi connectivity index (χ1v) is 6.83. The van der Waals surface area contributed by atoms with Gasteiger partial charge in [0, 0.05) is 0 Å². The molecule has 0 radical (unpaired) electrons. The monoisotopic (exact) mass is 224 g/mol. The lowest BCUT2D eigenvalue weighted by Gasteiger charge is -2.23. The second kappa shape index (κ2) is 11.0. The van der Waals surface area contributed by atoms with Crippen LogP contribution in [0.25, 0.3) is 0 Å². The molecule has 96 valence electrons. The van der Waals surface area contributed by atoms with Crippen LogP contribution in [0, 0.1) is 11.8 Å². The maximum absolute atomic E-state index is 4.05. The summed E-state index contributed by atoms with van der Waals surface area (Å²) in [6, 6.07) is 0. The van der Waals surface area contributed by atoms with E-state index in [1.165, 1.54) is 30.4 Å². The van der Waals surface area contributed by atoms with Crippen LogP contribution in [0.1, 0.15) is 67.7 Å². The van der Waals surface area contributed by atoms with Crippen molar-refractivity contribution in [2.75, 3.05) is 0 Å². The minimum atomic E-state index is 0.756. The Hall–Kier alpha value is -0.520. The maximum Gasteiger partial charge on any atom is -0.0191 e. The highest BCUT2D eigenvalue weighted by Crippen LogP contribution is 2.31. The molecule has 1 aliphatic rings. The molecule has 0 aromatic rings. The average molecular weight is 224 g/mol. The zero-order valence-electron chi connectivity index (χ0n) is 12.6. The van der Waals surface area contributed by atoms with Gasteiger partial charge in [-0.3, -0.25) is 0 Å². The zero-order valence-corrected chi connectivity index (χ0v) is 12.6. The van der Waals surface area contributed by atoms with Crippen molar-refractivity contribution in [2.45, 2.75) is 67.7 Å². The second-order valence-corrected chi connectivity index (χ2v) is 4.87. The largest absolute Gasteiger partial charge is 0.0956 e. The van der Waals surface area contributed by atoms with E-state index in [0.717, 1.165) is 11.8 Å². The Balaban J connectivity index is 0. The summed E-state index contributed by atoms with van der Waals surface area (Å²) in [6.45, 7) is 19.0. The summed E-state index contributed by atoms with van der Waals surface area (Å²) in [4.78, 5) is 0. The summed E-state index contributed by atoms with van der Waals surface area (Å²) in [6.07, 6.45) is 6.10. The van der Waals surface area contributed by atoms with E-state index in [-0.39, 0.29) is 0 Å². The standard InChI is InChI=1S/C10H16.C4H10.C2H6/c1-4-10-8(2)6-5-7-9(10)3;1-4(2)3;1-2/h4,9H,2,5-7H2,1,3H3;4H,1-3H3;1-2H3/b10-4+;;. The van der Waals surface area contributed by atoms with Gasteiger partial charge in [-0.05, 0) is 43.6 Å². The molecule has 0 nitrogen and oxygen atoms in total. The van der Waals surface area contributed by atoms with Crippen molar-refractivity contribution in [3.63, 3.8) is 0 Å². The smallest absolute Gasteiger partial charge is 0.0191 e. The molecule has 1 saturated carbocycles. The summed E-state index contributed by atoms with van der Waals surface area (Å²) in [5.74, 6) is 1.59. The molecule has 0 aromatic carbocycles. The minimum absolute atomic E-state index is 0.756. The van der Waals surface area contributed by atoms with Gasteiger partial charge in [-0.2, -0.15) is 0 Å². The highest BCUT2D eigenvalue weighted by atomic mass is 14.2. The summed E-state index contributed by atoms with van der Waals surface area (Å²) >= 11 is 0. The topological polar surface area (TPSA) is 0 Å². The fourth-order valence-corrected chi connectivity index (χ4v) is 1.76. The van der Waals surface area contributed by atoms with Gasteiger partial charge in [0.2, 0.25) is 0 Å². The van der Waals surface area contributed by atoms with Crippen molar-refractivity contribution >= 4 is 0 Å². The highest BCUT2D eigenvalue weighted by Gasteiger charge is 2.15. The molecule has 0 heterocycles. The van der Waals surface area contributed by atoms with Crippen molar-refractivity contribution in [1.82, 2.24) is 0 Å². The molecule has 0 aromatic heterocycles. The maximum atomic E-state index is 4.05. The Morgan fingerprint density at radius 1 is 1.25 bits per heavy atom. The molecular formula is C16H32. The Morgan fingerprint density at radius 3 is 1.94 bits per heavy atom. The lowest BCUT2D eigenvalue weighted by atomic mass is 9.82. The van der Waals surface area contributed by atoms with Crippen LogP contribution in [0.5, 0.6) is 0 Å². The van der Waals surface area contributed by atoms with E-state index in [0.29, 0.717) is 0 Å². The van der Waals surface area contributed by atoms with Gasteiger partial charge in [0.1, 0.15) is 0 Å². The van der Waals surface area contributed by atoms with Gasteiger partial charge in [0.25, 0.3) is 0 Å². The van der Waals surface area contributed by atoms with E-state index < -0.39 is 0 Å². The van der Waals surface area contributed by atoms with E-state index in [2.05, 4.69) is 47.3 Å². The first-order chi connectivity index (χ1) is 7.49. The second-order valence-electron chi connectivity index (χ2n) is 4.87. The van der Waals surface area contributed by atoms with Crippen LogP contribution in [0.15, 0.2) is 23.8 Å². The number of allylic oxidation sites excluding steroid dienone is 3. The Labute approximate surface area is 104 Å². The molecular weight excluding hydrogens is 192 g/mol. The van der Waals surface area contributed by atoms with Gasteiger partial charge < -0.3 is 0 Å². The van der Waals surface area contributed by atoms with E-state index >= 15 is 0 Å². The lowest BCUT2D eigenvalue weighted by Crippen LogP contribution is -2.07. The summed E-state index contributed by atoms with van der Waals surface area (Å²) < 4.78 is 0. The average Bonchev–Trinajstić information content (AvgIpc) is 2.20. The molecule has 0 N–H and O–H groups in total. The molecule has 1 fully saturated rings. The van der Waals surface area contributed by atoms with Crippen LogP contribution in [0.2, 0.25) is 0 Å². The minimum Gasteiger partial charge on any atom is -0.0956 e. The SMILES string of the molecule is C=C1CCCC(C)/C1=C/C.CC.CC(C)C. The Bertz CT molecular complexity index is 193. The molecule has 1 atom stereocenters. The van der Waals surface area contributed by atoms with Crippen LogP contribution >= 0.6 is 0 Å². The lowest BCUT2D eigenvalue weighted by molar-refractivity contribution is 0.540. The Morgan fingerprint density at radius 2 is 1.69 bits per heavy atom. The first-order valence-electron chi connectivity index (χ1n) is 6.83. The quantitative estimate of drug-likeness (QED) is 0.473. The summed E-state index contributed by atoms with van der Waals surface area (Å²) in [7, 11) is 0. The molecule has 1 aliphatic carbocycles. The van der Waals surface area contributed by atoms with E-state index in [4.69, 9.17) is 0 Å². The number of rotatable bonds is 0. The fraction of sp³-hybridized carbons (Fsp3) is 0.750. The first kappa shape index (κ1) is 17.9. The third kappa shape index (κ3) is 8.76. The van der Waals surface area contributed by atoms with Crippen LogP contribution < -0.4 is 0 Å². The van der Waals surface area contributed by atoms with Crippen molar-refractivity contribution < 1.29 is 0 Å². The van der Waals surface area contributed by atoms with Gasteiger partial charge >= 0.3 is 0 Å². The van der Waals surface area contributed by atoms with Crippen molar-refractivity contribution in [1.29, 1.82) is 0 Å². The number of hydrogen-bond donors (Lipinski definition) is 0. The zero-order chi connectivity index (χ0) is 13.1. The third-order valence-corrected chi connectivity index (χ3v) is 2.37. The molecule has 0 saturated heterocycles. The van der Waals surface area contributed by atoms with Crippen LogP contribution in [0.4, 0.5) is 0 Å².